The number of carbonyl (C=O) groups excluding carboxylic acids is 1. The van der Waals surface area contributed by atoms with Gasteiger partial charge < -0.3 is 4.74 Å². The van der Waals surface area contributed by atoms with Crippen molar-refractivity contribution in [2.75, 3.05) is 7.11 Å². The Kier molecular flexibility index (Phi) is 6.52. The number of benzene rings is 4. The number of ether oxygens (including phenoxy) is 1. The second-order valence-corrected chi connectivity index (χ2v) is 13.3. The third kappa shape index (κ3) is 4.40. The van der Waals surface area contributed by atoms with Gasteiger partial charge in [0, 0.05) is 0 Å². The highest BCUT2D eigenvalue weighted by Gasteiger charge is 2.62. The van der Waals surface area contributed by atoms with Gasteiger partial charge in [-0.15, -0.1) is 0 Å². The van der Waals surface area contributed by atoms with Crippen molar-refractivity contribution >= 4 is 35.7 Å². The molecule has 0 heterocycles. The van der Waals surface area contributed by atoms with Gasteiger partial charge in [0.1, 0.15) is 8.07 Å². The zero-order valence-electron chi connectivity index (χ0n) is 20.0. The summed E-state index contributed by atoms with van der Waals surface area (Å²) in [5, 5.41) is 4.11. The lowest BCUT2D eigenvalue weighted by atomic mass is 10.0. The average molecular weight is 475 g/mol. The minimum atomic E-state index is -2.42. The van der Waals surface area contributed by atoms with Gasteiger partial charge in [-0.3, -0.25) is 4.79 Å². The predicted octanol–water partition coefficient (Wildman–Crippen LogP) is 5.05. The Morgan fingerprint density at radius 1 is 0.771 bits per heavy atom. The normalized spacial score (nSPS) is 19.4. The zero-order chi connectivity index (χ0) is 24.1. The van der Waals surface area contributed by atoms with E-state index < -0.39 is 13.5 Å². The quantitative estimate of drug-likeness (QED) is 0.203. The van der Waals surface area contributed by atoms with Crippen LogP contribution in [0.4, 0.5) is 0 Å². The van der Waals surface area contributed by atoms with Crippen LogP contribution in [-0.2, 0) is 9.53 Å². The summed E-state index contributed by atoms with van der Waals surface area (Å²) in [6.07, 6.45) is 4.98. The first-order valence-electron chi connectivity index (χ1n) is 12.2. The molecule has 0 radical (unpaired) electrons. The average Bonchev–Trinajstić information content (AvgIpc) is 3.65. The molecule has 0 N–H and O–H groups in total. The van der Waals surface area contributed by atoms with E-state index in [1.54, 1.807) is 0 Å². The molecule has 2 nitrogen and oxygen atoms in total. The molecule has 1 fully saturated rings. The summed E-state index contributed by atoms with van der Waals surface area (Å²) >= 11 is 0. The van der Waals surface area contributed by atoms with Crippen LogP contribution in [0, 0.1) is 11.3 Å². The summed E-state index contributed by atoms with van der Waals surface area (Å²) < 4.78 is 5.35. The summed E-state index contributed by atoms with van der Waals surface area (Å²) in [5.41, 5.74) is 0.514. The van der Waals surface area contributed by atoms with Crippen LogP contribution in [0.25, 0.3) is 6.08 Å². The molecule has 0 spiro atoms. The number of hydrogen-bond acceptors (Lipinski definition) is 2. The largest absolute Gasteiger partial charge is 0.468 e. The molecule has 0 saturated heterocycles. The Morgan fingerprint density at radius 2 is 1.20 bits per heavy atom. The van der Waals surface area contributed by atoms with Crippen molar-refractivity contribution in [2.45, 2.75) is 12.5 Å². The molecule has 174 valence electrons. The van der Waals surface area contributed by atoms with Gasteiger partial charge in [0.15, 0.2) is 0 Å². The Bertz CT molecular complexity index is 1190. The van der Waals surface area contributed by atoms with E-state index in [4.69, 9.17) is 4.74 Å². The maximum Gasteiger partial charge on any atom is 0.315 e. The van der Waals surface area contributed by atoms with Gasteiger partial charge in [0.2, 0.25) is 0 Å². The first kappa shape index (κ1) is 23.1. The van der Waals surface area contributed by atoms with E-state index in [9.17, 15) is 4.79 Å². The number of carbonyl (C=O) groups is 1. The van der Waals surface area contributed by atoms with Crippen molar-refractivity contribution in [3.05, 3.63) is 133 Å². The first-order valence-corrected chi connectivity index (χ1v) is 14.4. The molecule has 35 heavy (non-hydrogen) atoms. The van der Waals surface area contributed by atoms with E-state index in [0.717, 1.165) is 18.0 Å². The molecule has 4 aromatic carbocycles. The van der Waals surface area contributed by atoms with Crippen molar-refractivity contribution in [2.24, 2.45) is 11.3 Å². The fourth-order valence-corrected chi connectivity index (χ4v) is 10.8. The van der Waals surface area contributed by atoms with Crippen LogP contribution in [0.15, 0.2) is 127 Å². The maximum absolute atomic E-state index is 13.2. The predicted molar refractivity (Wildman–Crippen MR) is 147 cm³/mol. The molecule has 5 rings (SSSR count). The van der Waals surface area contributed by atoms with E-state index >= 15 is 0 Å². The highest BCUT2D eigenvalue weighted by Crippen LogP contribution is 2.58. The second kappa shape index (κ2) is 9.89. The van der Waals surface area contributed by atoms with Crippen molar-refractivity contribution in [3.8, 4) is 0 Å². The second-order valence-electron chi connectivity index (χ2n) is 9.38. The Labute approximate surface area is 208 Å². The number of rotatable bonds is 8. The molecule has 1 aliphatic carbocycles. The molecule has 1 saturated carbocycles. The van der Waals surface area contributed by atoms with Gasteiger partial charge in [-0.1, -0.05) is 133 Å². The summed E-state index contributed by atoms with van der Waals surface area (Å²) in [5.74, 6) is 0.0777. The van der Waals surface area contributed by atoms with Gasteiger partial charge in [0.05, 0.1) is 12.5 Å². The lowest BCUT2D eigenvalue weighted by Gasteiger charge is -2.34. The van der Waals surface area contributed by atoms with Crippen LogP contribution in [0.5, 0.6) is 0 Å². The summed E-state index contributed by atoms with van der Waals surface area (Å²) in [7, 11) is -0.916. The lowest BCUT2D eigenvalue weighted by molar-refractivity contribution is -0.145. The molecular formula is C32H30O2Si. The molecule has 0 unspecified atom stereocenters. The maximum atomic E-state index is 13.2. The smallest absolute Gasteiger partial charge is 0.315 e. The van der Waals surface area contributed by atoms with Gasteiger partial charge in [-0.25, -0.2) is 0 Å². The molecule has 0 amide bonds. The Balaban J connectivity index is 1.62. The fraction of sp³-hybridized carbons (Fsp3) is 0.156. The van der Waals surface area contributed by atoms with E-state index in [2.05, 4.69) is 115 Å². The topological polar surface area (TPSA) is 26.3 Å². The summed E-state index contributed by atoms with van der Waals surface area (Å²) in [6.45, 7) is 0. The van der Waals surface area contributed by atoms with Gasteiger partial charge in [-0.05, 0) is 39.5 Å². The van der Waals surface area contributed by atoms with E-state index in [0.29, 0.717) is 0 Å². The van der Waals surface area contributed by atoms with Crippen molar-refractivity contribution in [1.82, 2.24) is 0 Å². The van der Waals surface area contributed by atoms with Gasteiger partial charge in [-0.2, -0.15) is 0 Å². The zero-order valence-corrected chi connectivity index (χ0v) is 21.0. The SMILES string of the molecule is COC(=O)[C@@]1(/C=C/c2ccccc2)C[C@@H]1C[Si](c1ccccc1)(c1ccccc1)c1ccccc1. The lowest BCUT2D eigenvalue weighted by Crippen LogP contribution is -2.67. The van der Waals surface area contributed by atoms with Crippen LogP contribution in [0.1, 0.15) is 12.0 Å². The van der Waals surface area contributed by atoms with Crippen LogP contribution < -0.4 is 15.6 Å². The van der Waals surface area contributed by atoms with Crippen molar-refractivity contribution < 1.29 is 9.53 Å². The minimum Gasteiger partial charge on any atom is -0.468 e. The van der Waals surface area contributed by atoms with E-state index in [1.165, 1.54) is 22.7 Å². The van der Waals surface area contributed by atoms with E-state index in [1.807, 2.05) is 18.2 Å². The first-order chi connectivity index (χ1) is 17.2. The highest BCUT2D eigenvalue weighted by atomic mass is 28.3. The number of hydrogen-bond donors (Lipinski definition) is 0. The molecule has 3 heteroatoms. The molecule has 0 aliphatic heterocycles. The molecule has 2 atom stereocenters. The van der Waals surface area contributed by atoms with Crippen LogP contribution in [0.2, 0.25) is 6.04 Å². The standard InChI is InChI=1S/C32H30O2Si/c1-34-31(33)32(23-22-26-14-6-2-7-15-26)24-27(32)25-35(28-16-8-3-9-17-28,29-18-10-4-11-19-29)30-20-12-5-13-21-30/h2-23,27H,24-25H2,1H3/b23-22+/t27-,32+/m1/s1. The third-order valence-corrected chi connectivity index (χ3v) is 12.5. The number of esters is 1. The molecule has 0 aromatic heterocycles. The summed E-state index contributed by atoms with van der Waals surface area (Å²) in [6, 6.07) is 43.8. The molecular weight excluding hydrogens is 444 g/mol. The monoisotopic (exact) mass is 474 g/mol. The van der Waals surface area contributed by atoms with Crippen molar-refractivity contribution in [3.63, 3.8) is 0 Å². The van der Waals surface area contributed by atoms with Gasteiger partial charge >= 0.3 is 5.97 Å². The fourth-order valence-electron chi connectivity index (χ4n) is 5.52. The van der Waals surface area contributed by atoms with E-state index in [-0.39, 0.29) is 11.9 Å². The van der Waals surface area contributed by atoms with Crippen LogP contribution >= 0.6 is 0 Å². The minimum absolute atomic E-state index is 0.133. The molecule has 4 aromatic rings. The molecule has 1 aliphatic rings. The summed E-state index contributed by atoms with van der Waals surface area (Å²) in [4.78, 5) is 13.2. The third-order valence-electron chi connectivity index (χ3n) is 7.44. The Hall–Kier alpha value is -3.69. The Morgan fingerprint density at radius 3 is 1.63 bits per heavy atom. The van der Waals surface area contributed by atoms with Crippen LogP contribution in [0.3, 0.4) is 0 Å². The van der Waals surface area contributed by atoms with Crippen LogP contribution in [-0.4, -0.2) is 21.2 Å². The van der Waals surface area contributed by atoms with Gasteiger partial charge in [0.25, 0.3) is 0 Å². The van der Waals surface area contributed by atoms with Crippen molar-refractivity contribution in [1.29, 1.82) is 0 Å². The molecule has 0 bridgehead atoms. The highest BCUT2D eigenvalue weighted by molar-refractivity contribution is 7.11. The number of methoxy groups -OCH3 is 1.